The maximum atomic E-state index is 12.6. The van der Waals surface area contributed by atoms with E-state index in [0.29, 0.717) is 19.0 Å². The lowest BCUT2D eigenvalue weighted by Gasteiger charge is -2.42. The summed E-state index contributed by atoms with van der Waals surface area (Å²) in [6.45, 7) is 5.49. The van der Waals surface area contributed by atoms with Gasteiger partial charge in [-0.05, 0) is 57.3 Å². The molecular weight excluding hydrogens is 352 g/mol. The number of carbonyl (C=O) groups is 2. The molecule has 2 amide bonds. The number of rotatable bonds is 8. The van der Waals surface area contributed by atoms with Crippen LogP contribution in [0.25, 0.3) is 0 Å². The highest BCUT2D eigenvalue weighted by Gasteiger charge is 2.31. The van der Waals surface area contributed by atoms with Crippen molar-refractivity contribution in [3.63, 3.8) is 0 Å². The van der Waals surface area contributed by atoms with Gasteiger partial charge in [0.15, 0.2) is 0 Å². The Balaban J connectivity index is 1.39. The van der Waals surface area contributed by atoms with Crippen molar-refractivity contribution in [2.24, 2.45) is 11.7 Å². The van der Waals surface area contributed by atoms with E-state index in [9.17, 15) is 9.59 Å². The van der Waals surface area contributed by atoms with Gasteiger partial charge in [-0.1, -0.05) is 30.3 Å². The van der Waals surface area contributed by atoms with Crippen LogP contribution in [0.5, 0.6) is 0 Å². The Labute approximate surface area is 168 Å². The molecule has 0 radical (unpaired) electrons. The van der Waals surface area contributed by atoms with Gasteiger partial charge >= 0.3 is 0 Å². The van der Waals surface area contributed by atoms with Gasteiger partial charge < -0.3 is 16.0 Å². The molecule has 0 spiro atoms. The fourth-order valence-electron chi connectivity index (χ4n) is 4.45. The van der Waals surface area contributed by atoms with Gasteiger partial charge in [-0.25, -0.2) is 0 Å². The minimum atomic E-state index is -0.223. The highest BCUT2D eigenvalue weighted by Crippen LogP contribution is 2.24. The Bertz CT molecular complexity index is 629. The average molecular weight is 387 g/mol. The number of piperidine rings is 2. The van der Waals surface area contributed by atoms with Crippen molar-refractivity contribution in [2.45, 2.75) is 44.6 Å². The van der Waals surface area contributed by atoms with E-state index in [1.165, 1.54) is 5.56 Å². The van der Waals surface area contributed by atoms with Gasteiger partial charge in [0.05, 0.1) is 5.92 Å². The zero-order valence-corrected chi connectivity index (χ0v) is 16.8. The van der Waals surface area contributed by atoms with E-state index in [1.807, 2.05) is 18.2 Å². The summed E-state index contributed by atoms with van der Waals surface area (Å²) in [4.78, 5) is 28.4. The molecule has 28 heavy (non-hydrogen) atoms. The van der Waals surface area contributed by atoms with Crippen molar-refractivity contribution in [3.8, 4) is 0 Å². The number of nitrogens with zero attached hydrogens (tertiary/aromatic N) is 2. The van der Waals surface area contributed by atoms with E-state index < -0.39 is 0 Å². The topological polar surface area (TPSA) is 78.7 Å². The quantitative estimate of drug-likeness (QED) is 0.708. The van der Waals surface area contributed by atoms with Crippen molar-refractivity contribution >= 4 is 11.8 Å². The predicted molar refractivity (Wildman–Crippen MR) is 111 cm³/mol. The first-order chi connectivity index (χ1) is 13.6. The van der Waals surface area contributed by atoms with Crippen molar-refractivity contribution < 1.29 is 9.59 Å². The van der Waals surface area contributed by atoms with Crippen molar-refractivity contribution in [1.82, 2.24) is 15.1 Å². The van der Waals surface area contributed by atoms with Gasteiger partial charge in [0.1, 0.15) is 0 Å². The summed E-state index contributed by atoms with van der Waals surface area (Å²) in [5, 5.41) is 3.14. The van der Waals surface area contributed by atoms with E-state index in [0.717, 1.165) is 64.8 Å². The summed E-state index contributed by atoms with van der Waals surface area (Å²) >= 11 is 0. The zero-order valence-electron chi connectivity index (χ0n) is 16.8. The SMILES string of the molecule is NC(=O)CCN1CCC(N2CCCC(C(=O)NCCc3ccccc3)C2)CC1. The van der Waals surface area contributed by atoms with Gasteiger partial charge in [0, 0.05) is 32.1 Å². The van der Waals surface area contributed by atoms with E-state index in [1.54, 1.807) is 0 Å². The molecule has 6 nitrogen and oxygen atoms in total. The molecule has 3 rings (SSSR count). The fourth-order valence-corrected chi connectivity index (χ4v) is 4.45. The van der Waals surface area contributed by atoms with Crippen LogP contribution in [-0.4, -0.2) is 66.9 Å². The molecule has 0 aliphatic carbocycles. The Morgan fingerprint density at radius 1 is 1.07 bits per heavy atom. The molecule has 1 aromatic rings. The summed E-state index contributed by atoms with van der Waals surface area (Å²) < 4.78 is 0. The molecule has 1 aromatic carbocycles. The normalized spacial score (nSPS) is 22.1. The summed E-state index contributed by atoms with van der Waals surface area (Å²) in [6, 6.07) is 10.9. The van der Waals surface area contributed by atoms with Gasteiger partial charge in [-0.2, -0.15) is 0 Å². The van der Waals surface area contributed by atoms with Crippen molar-refractivity contribution in [3.05, 3.63) is 35.9 Å². The summed E-state index contributed by atoms with van der Waals surface area (Å²) in [7, 11) is 0. The van der Waals surface area contributed by atoms with Gasteiger partial charge in [-0.15, -0.1) is 0 Å². The smallest absolute Gasteiger partial charge is 0.224 e. The van der Waals surface area contributed by atoms with E-state index in [2.05, 4.69) is 27.2 Å². The first-order valence-corrected chi connectivity index (χ1v) is 10.7. The number of carbonyl (C=O) groups excluding carboxylic acids is 2. The standard InChI is InChI=1S/C22H34N4O2/c23-21(27)11-16-25-14-9-20(10-15-25)26-13-4-7-19(17-26)22(28)24-12-8-18-5-2-1-3-6-18/h1-3,5-6,19-20H,4,7-17H2,(H2,23,27)(H,24,28). The second-order valence-electron chi connectivity index (χ2n) is 8.15. The second kappa shape index (κ2) is 10.6. The molecule has 3 N–H and O–H groups in total. The van der Waals surface area contributed by atoms with Gasteiger partial charge in [-0.3, -0.25) is 14.5 Å². The average Bonchev–Trinajstić information content (AvgIpc) is 2.73. The van der Waals surface area contributed by atoms with Crippen LogP contribution in [0.3, 0.4) is 0 Å². The highest BCUT2D eigenvalue weighted by atomic mass is 16.2. The Morgan fingerprint density at radius 2 is 1.82 bits per heavy atom. The second-order valence-corrected chi connectivity index (χ2v) is 8.15. The van der Waals surface area contributed by atoms with Crippen LogP contribution in [0.4, 0.5) is 0 Å². The molecule has 2 aliphatic rings. The summed E-state index contributed by atoms with van der Waals surface area (Å²) in [5.74, 6) is 0.0937. The molecule has 1 unspecified atom stereocenters. The number of likely N-dealkylation sites (tertiary alicyclic amines) is 2. The molecule has 0 aromatic heterocycles. The van der Waals surface area contributed by atoms with Crippen molar-refractivity contribution in [1.29, 1.82) is 0 Å². The summed E-state index contributed by atoms with van der Waals surface area (Å²) in [5.41, 5.74) is 6.51. The minimum Gasteiger partial charge on any atom is -0.370 e. The molecule has 1 atom stereocenters. The number of benzene rings is 1. The monoisotopic (exact) mass is 386 g/mol. The zero-order chi connectivity index (χ0) is 19.8. The third kappa shape index (κ3) is 6.31. The summed E-state index contributed by atoms with van der Waals surface area (Å²) in [6.07, 6.45) is 5.64. The lowest BCUT2D eigenvalue weighted by molar-refractivity contribution is -0.127. The van der Waals surface area contributed by atoms with Crippen LogP contribution >= 0.6 is 0 Å². The molecule has 6 heteroatoms. The van der Waals surface area contributed by atoms with Gasteiger partial charge in [0.2, 0.25) is 11.8 Å². The lowest BCUT2D eigenvalue weighted by Crippen LogP contribution is -2.51. The van der Waals surface area contributed by atoms with E-state index >= 15 is 0 Å². The molecule has 2 saturated heterocycles. The van der Waals surface area contributed by atoms with Crippen LogP contribution in [0.1, 0.15) is 37.7 Å². The Kier molecular flexibility index (Phi) is 7.86. The highest BCUT2D eigenvalue weighted by molar-refractivity contribution is 5.79. The maximum Gasteiger partial charge on any atom is 0.224 e. The third-order valence-electron chi connectivity index (χ3n) is 6.13. The molecule has 154 valence electrons. The first kappa shape index (κ1) is 20.8. The third-order valence-corrected chi connectivity index (χ3v) is 6.13. The molecular formula is C22H34N4O2. The molecule has 2 aliphatic heterocycles. The van der Waals surface area contributed by atoms with Crippen LogP contribution < -0.4 is 11.1 Å². The van der Waals surface area contributed by atoms with Crippen LogP contribution in [0.2, 0.25) is 0 Å². The predicted octanol–water partition coefficient (Wildman–Crippen LogP) is 1.40. The number of amides is 2. The number of primary amides is 1. The number of nitrogens with one attached hydrogen (secondary N) is 1. The van der Waals surface area contributed by atoms with E-state index in [-0.39, 0.29) is 17.7 Å². The minimum absolute atomic E-state index is 0.109. The molecule has 0 bridgehead atoms. The molecule has 2 fully saturated rings. The number of hydrogen-bond donors (Lipinski definition) is 2. The van der Waals surface area contributed by atoms with Crippen LogP contribution in [0.15, 0.2) is 30.3 Å². The van der Waals surface area contributed by atoms with Crippen molar-refractivity contribution in [2.75, 3.05) is 39.3 Å². The lowest BCUT2D eigenvalue weighted by atomic mass is 9.93. The van der Waals surface area contributed by atoms with Gasteiger partial charge in [0.25, 0.3) is 0 Å². The Hall–Kier alpha value is -1.92. The van der Waals surface area contributed by atoms with E-state index in [4.69, 9.17) is 5.73 Å². The maximum absolute atomic E-state index is 12.6. The fraction of sp³-hybridized carbons (Fsp3) is 0.636. The van der Waals surface area contributed by atoms with Crippen LogP contribution in [-0.2, 0) is 16.0 Å². The molecule has 0 saturated carbocycles. The van der Waals surface area contributed by atoms with Crippen LogP contribution in [0, 0.1) is 5.92 Å². The number of hydrogen-bond acceptors (Lipinski definition) is 4. The molecule has 2 heterocycles. The largest absolute Gasteiger partial charge is 0.370 e. The number of nitrogens with two attached hydrogens (primary N) is 1. The Morgan fingerprint density at radius 3 is 2.54 bits per heavy atom. The first-order valence-electron chi connectivity index (χ1n) is 10.7.